The van der Waals surface area contributed by atoms with E-state index >= 15 is 0 Å². The fourth-order valence-corrected chi connectivity index (χ4v) is 1.49. The maximum absolute atomic E-state index is 11.4. The highest BCUT2D eigenvalue weighted by molar-refractivity contribution is 5.76. The second-order valence-corrected chi connectivity index (χ2v) is 3.11. The standard InChI is InChI=1S/C9H12N2O3/c1-2-13-9(12)6-3-8-7(4-10-6)11-5-14-8/h5-6,10H,2-4H2,1H3. The lowest BCUT2D eigenvalue weighted by molar-refractivity contribution is -0.145. The largest absolute Gasteiger partial charge is 0.465 e. The van der Waals surface area contributed by atoms with Crippen LogP contribution in [0, 0.1) is 0 Å². The molecule has 2 heterocycles. The van der Waals surface area contributed by atoms with E-state index < -0.39 is 0 Å². The van der Waals surface area contributed by atoms with Gasteiger partial charge in [-0.1, -0.05) is 0 Å². The Balaban J connectivity index is 2.04. The highest BCUT2D eigenvalue weighted by Gasteiger charge is 2.27. The first-order valence-electron chi connectivity index (χ1n) is 4.62. The van der Waals surface area contributed by atoms with Gasteiger partial charge in [0.2, 0.25) is 0 Å². The second-order valence-electron chi connectivity index (χ2n) is 3.11. The van der Waals surface area contributed by atoms with Gasteiger partial charge in [-0.15, -0.1) is 0 Å². The van der Waals surface area contributed by atoms with Crippen molar-refractivity contribution in [1.82, 2.24) is 10.3 Å². The SMILES string of the molecule is CCOC(=O)C1Cc2ocnc2CN1. The number of esters is 1. The number of aromatic nitrogens is 1. The van der Waals surface area contributed by atoms with Gasteiger partial charge in [0.05, 0.1) is 12.3 Å². The van der Waals surface area contributed by atoms with Gasteiger partial charge in [-0.25, -0.2) is 4.98 Å². The summed E-state index contributed by atoms with van der Waals surface area (Å²) in [5, 5.41) is 3.05. The van der Waals surface area contributed by atoms with Crippen LogP contribution in [0.25, 0.3) is 0 Å². The molecule has 0 amide bonds. The van der Waals surface area contributed by atoms with Crippen LogP contribution in [0.5, 0.6) is 0 Å². The van der Waals surface area contributed by atoms with Crippen LogP contribution in [0.4, 0.5) is 0 Å². The quantitative estimate of drug-likeness (QED) is 0.687. The van der Waals surface area contributed by atoms with Gasteiger partial charge in [-0.05, 0) is 6.92 Å². The van der Waals surface area contributed by atoms with Crippen LogP contribution in [0.2, 0.25) is 0 Å². The first kappa shape index (κ1) is 9.21. The Labute approximate surface area is 81.5 Å². The van der Waals surface area contributed by atoms with Crippen molar-refractivity contribution in [3.05, 3.63) is 17.8 Å². The lowest BCUT2D eigenvalue weighted by atomic mass is 10.1. The number of hydrogen-bond acceptors (Lipinski definition) is 5. The number of oxazole rings is 1. The predicted octanol–water partition coefficient (Wildman–Crippen LogP) is 0.252. The van der Waals surface area contributed by atoms with Gasteiger partial charge in [0, 0.05) is 13.0 Å². The predicted molar refractivity (Wildman–Crippen MR) is 47.5 cm³/mol. The van der Waals surface area contributed by atoms with Crippen molar-refractivity contribution in [3.63, 3.8) is 0 Å². The van der Waals surface area contributed by atoms with E-state index in [-0.39, 0.29) is 12.0 Å². The molecule has 1 unspecified atom stereocenters. The van der Waals surface area contributed by atoms with Crippen molar-refractivity contribution >= 4 is 5.97 Å². The van der Waals surface area contributed by atoms with Crippen molar-refractivity contribution in [3.8, 4) is 0 Å². The zero-order valence-electron chi connectivity index (χ0n) is 7.95. The molecule has 5 heteroatoms. The van der Waals surface area contributed by atoms with Crippen LogP contribution in [0.3, 0.4) is 0 Å². The number of ether oxygens (including phenoxy) is 1. The molecule has 76 valence electrons. The Morgan fingerprint density at radius 3 is 3.50 bits per heavy atom. The molecule has 14 heavy (non-hydrogen) atoms. The molecule has 0 radical (unpaired) electrons. The van der Waals surface area contributed by atoms with Crippen molar-refractivity contribution in [2.75, 3.05) is 6.61 Å². The van der Waals surface area contributed by atoms with Crippen LogP contribution in [-0.4, -0.2) is 23.6 Å². The molecule has 1 aliphatic rings. The van der Waals surface area contributed by atoms with E-state index in [1.165, 1.54) is 6.39 Å². The zero-order chi connectivity index (χ0) is 9.97. The molecule has 0 aliphatic carbocycles. The summed E-state index contributed by atoms with van der Waals surface area (Å²) in [6, 6.07) is -0.296. The number of hydrogen-bond donors (Lipinski definition) is 1. The minimum atomic E-state index is -0.296. The number of rotatable bonds is 2. The van der Waals surface area contributed by atoms with Gasteiger partial charge in [-0.2, -0.15) is 0 Å². The van der Waals surface area contributed by atoms with E-state index in [0.29, 0.717) is 19.6 Å². The van der Waals surface area contributed by atoms with Crippen molar-refractivity contribution in [1.29, 1.82) is 0 Å². The first-order valence-corrected chi connectivity index (χ1v) is 4.62. The third kappa shape index (κ3) is 1.63. The molecule has 0 bridgehead atoms. The summed E-state index contributed by atoms with van der Waals surface area (Å²) in [5.41, 5.74) is 0.880. The average Bonchev–Trinajstić information content (AvgIpc) is 2.64. The van der Waals surface area contributed by atoms with Crippen molar-refractivity contribution < 1.29 is 13.9 Å². The van der Waals surface area contributed by atoms with E-state index in [2.05, 4.69) is 10.3 Å². The number of nitrogens with one attached hydrogen (secondary N) is 1. The molecule has 1 aliphatic heterocycles. The van der Waals surface area contributed by atoms with Gasteiger partial charge in [0.25, 0.3) is 0 Å². The Morgan fingerprint density at radius 2 is 2.71 bits per heavy atom. The molecule has 0 saturated carbocycles. The lowest BCUT2D eigenvalue weighted by Crippen LogP contribution is -2.42. The van der Waals surface area contributed by atoms with E-state index in [1.807, 2.05) is 0 Å². The smallest absolute Gasteiger partial charge is 0.323 e. The first-order chi connectivity index (χ1) is 6.81. The third-order valence-electron chi connectivity index (χ3n) is 2.20. The van der Waals surface area contributed by atoms with E-state index in [9.17, 15) is 4.79 Å². The molecule has 1 atom stereocenters. The maximum atomic E-state index is 11.4. The fraction of sp³-hybridized carbons (Fsp3) is 0.556. The van der Waals surface area contributed by atoms with Gasteiger partial charge >= 0.3 is 5.97 Å². The summed E-state index contributed by atoms with van der Waals surface area (Å²) in [4.78, 5) is 15.4. The molecular formula is C9H12N2O3. The minimum absolute atomic E-state index is 0.227. The highest BCUT2D eigenvalue weighted by atomic mass is 16.5. The summed E-state index contributed by atoms with van der Waals surface area (Å²) in [5.74, 6) is 0.552. The Kier molecular flexibility index (Phi) is 2.49. The van der Waals surface area contributed by atoms with Crippen LogP contribution in [0.15, 0.2) is 10.8 Å². The molecule has 1 aromatic heterocycles. The fourth-order valence-electron chi connectivity index (χ4n) is 1.49. The highest BCUT2D eigenvalue weighted by Crippen LogP contribution is 2.15. The minimum Gasteiger partial charge on any atom is -0.465 e. The zero-order valence-corrected chi connectivity index (χ0v) is 7.95. The molecule has 0 saturated heterocycles. The van der Waals surface area contributed by atoms with E-state index in [4.69, 9.17) is 9.15 Å². The Morgan fingerprint density at radius 1 is 1.86 bits per heavy atom. The molecule has 0 aromatic carbocycles. The summed E-state index contributed by atoms with van der Waals surface area (Å²) in [7, 11) is 0. The number of carbonyl (C=O) groups is 1. The molecular weight excluding hydrogens is 184 g/mol. The summed E-state index contributed by atoms with van der Waals surface area (Å²) >= 11 is 0. The molecule has 5 nitrogen and oxygen atoms in total. The van der Waals surface area contributed by atoms with Crippen molar-refractivity contribution in [2.24, 2.45) is 0 Å². The Bertz CT molecular complexity index is 335. The van der Waals surface area contributed by atoms with Gasteiger partial charge in [-0.3, -0.25) is 10.1 Å². The van der Waals surface area contributed by atoms with E-state index in [0.717, 1.165) is 11.5 Å². The molecule has 1 N–H and O–H groups in total. The third-order valence-corrected chi connectivity index (χ3v) is 2.20. The molecule has 1 aromatic rings. The molecule has 0 spiro atoms. The van der Waals surface area contributed by atoms with Crippen LogP contribution in [0.1, 0.15) is 18.4 Å². The number of carbonyl (C=O) groups excluding carboxylic acids is 1. The molecule has 2 rings (SSSR count). The second kappa shape index (κ2) is 3.79. The topological polar surface area (TPSA) is 64.4 Å². The summed E-state index contributed by atoms with van der Waals surface area (Å²) < 4.78 is 10.1. The van der Waals surface area contributed by atoms with Crippen LogP contribution in [-0.2, 0) is 22.5 Å². The van der Waals surface area contributed by atoms with Crippen LogP contribution < -0.4 is 5.32 Å². The summed E-state index contributed by atoms with van der Waals surface area (Å²) in [6.45, 7) is 2.76. The number of nitrogens with zero attached hydrogens (tertiary/aromatic N) is 1. The monoisotopic (exact) mass is 196 g/mol. The van der Waals surface area contributed by atoms with E-state index in [1.54, 1.807) is 6.92 Å². The van der Waals surface area contributed by atoms with Gasteiger partial charge in [0.1, 0.15) is 11.8 Å². The van der Waals surface area contributed by atoms with Gasteiger partial charge in [0.15, 0.2) is 6.39 Å². The van der Waals surface area contributed by atoms with Crippen molar-refractivity contribution in [2.45, 2.75) is 25.9 Å². The van der Waals surface area contributed by atoms with Crippen LogP contribution >= 0.6 is 0 Å². The maximum Gasteiger partial charge on any atom is 0.323 e. The normalized spacial score (nSPS) is 20.2. The summed E-state index contributed by atoms with van der Waals surface area (Å²) in [6.07, 6.45) is 1.92. The van der Waals surface area contributed by atoms with Gasteiger partial charge < -0.3 is 9.15 Å². The number of fused-ring (bicyclic) bond motifs is 1. The average molecular weight is 196 g/mol. The Hall–Kier alpha value is -1.36. The molecule has 0 fully saturated rings. The lowest BCUT2D eigenvalue weighted by Gasteiger charge is -2.19.